The summed E-state index contributed by atoms with van der Waals surface area (Å²) in [5.41, 5.74) is -0.726. The zero-order chi connectivity index (χ0) is 13.2. The summed E-state index contributed by atoms with van der Waals surface area (Å²) in [6, 6.07) is 0. The molecule has 1 aromatic rings. The van der Waals surface area contributed by atoms with E-state index in [-0.39, 0.29) is 18.2 Å². The first-order valence-electron chi connectivity index (χ1n) is 5.88. The highest BCUT2D eigenvalue weighted by molar-refractivity contribution is 6.32. The van der Waals surface area contributed by atoms with Crippen molar-refractivity contribution >= 4 is 17.3 Å². The topological polar surface area (TPSA) is 87.4 Å². The number of nitrogens with zero attached hydrogens (tertiary/aromatic N) is 2. The zero-order valence-corrected chi connectivity index (χ0v) is 10.7. The summed E-state index contributed by atoms with van der Waals surface area (Å²) in [6.45, 7) is 0.302. The molecule has 100 valence electrons. The second kappa shape index (κ2) is 5.26. The summed E-state index contributed by atoms with van der Waals surface area (Å²) in [7, 11) is 0. The molecule has 1 aliphatic carbocycles. The monoisotopic (exact) mass is 273 g/mol. The molecule has 1 aromatic heterocycles. The van der Waals surface area contributed by atoms with Crippen molar-refractivity contribution in [3.8, 4) is 0 Å². The molecule has 0 spiro atoms. The van der Waals surface area contributed by atoms with Gasteiger partial charge < -0.3 is 15.5 Å². The minimum absolute atomic E-state index is 0.0290. The van der Waals surface area contributed by atoms with Crippen molar-refractivity contribution in [2.24, 2.45) is 0 Å². The van der Waals surface area contributed by atoms with Crippen molar-refractivity contribution in [1.82, 2.24) is 9.78 Å². The Kier molecular flexibility index (Phi) is 3.89. The predicted molar refractivity (Wildman–Crippen MR) is 67.9 cm³/mol. The van der Waals surface area contributed by atoms with Gasteiger partial charge in [0.1, 0.15) is 5.02 Å². The van der Waals surface area contributed by atoms with Crippen LogP contribution in [0, 0.1) is 0 Å². The smallest absolute Gasteiger partial charge is 0.287 e. The SMILES string of the molecule is O=c1c(Cl)c(NCC2(O)CCC2)cnn1CCO. The van der Waals surface area contributed by atoms with E-state index in [1.54, 1.807) is 0 Å². The van der Waals surface area contributed by atoms with Crippen LogP contribution in [0.3, 0.4) is 0 Å². The van der Waals surface area contributed by atoms with E-state index in [1.807, 2.05) is 0 Å². The summed E-state index contributed by atoms with van der Waals surface area (Å²) in [6.07, 6.45) is 3.96. The summed E-state index contributed by atoms with van der Waals surface area (Å²) in [4.78, 5) is 11.7. The van der Waals surface area contributed by atoms with Gasteiger partial charge in [-0.15, -0.1) is 0 Å². The van der Waals surface area contributed by atoms with Crippen LogP contribution in [0.15, 0.2) is 11.0 Å². The third-order valence-corrected chi connectivity index (χ3v) is 3.55. The normalized spacial score (nSPS) is 17.3. The van der Waals surface area contributed by atoms with Gasteiger partial charge in [-0.3, -0.25) is 4.79 Å². The number of halogens is 1. The first kappa shape index (κ1) is 13.3. The minimum Gasteiger partial charge on any atom is -0.394 e. The highest BCUT2D eigenvalue weighted by Gasteiger charge is 2.34. The van der Waals surface area contributed by atoms with Gasteiger partial charge in [-0.2, -0.15) is 5.10 Å². The van der Waals surface area contributed by atoms with Crippen LogP contribution in [-0.4, -0.2) is 38.7 Å². The van der Waals surface area contributed by atoms with Crippen molar-refractivity contribution in [3.63, 3.8) is 0 Å². The average Bonchev–Trinajstić information content (AvgIpc) is 2.32. The fraction of sp³-hybridized carbons (Fsp3) is 0.636. The van der Waals surface area contributed by atoms with Gasteiger partial charge in [0.2, 0.25) is 0 Å². The number of rotatable bonds is 5. The average molecular weight is 274 g/mol. The number of nitrogens with one attached hydrogen (secondary N) is 1. The molecule has 6 nitrogen and oxygen atoms in total. The molecule has 7 heteroatoms. The number of aliphatic hydroxyl groups is 2. The van der Waals surface area contributed by atoms with Crippen molar-refractivity contribution in [3.05, 3.63) is 21.6 Å². The maximum Gasteiger partial charge on any atom is 0.287 e. The van der Waals surface area contributed by atoms with Gasteiger partial charge in [0.25, 0.3) is 5.56 Å². The molecule has 0 aromatic carbocycles. The Hall–Kier alpha value is -1.11. The van der Waals surface area contributed by atoms with Crippen molar-refractivity contribution in [1.29, 1.82) is 0 Å². The molecule has 1 fully saturated rings. The highest BCUT2D eigenvalue weighted by atomic mass is 35.5. The van der Waals surface area contributed by atoms with E-state index in [9.17, 15) is 9.90 Å². The Bertz CT molecular complexity index is 485. The number of hydrogen-bond acceptors (Lipinski definition) is 5. The minimum atomic E-state index is -0.691. The molecule has 1 saturated carbocycles. The van der Waals surface area contributed by atoms with Gasteiger partial charge >= 0.3 is 0 Å². The molecule has 0 bridgehead atoms. The summed E-state index contributed by atoms with van der Waals surface area (Å²) in [5.74, 6) is 0. The van der Waals surface area contributed by atoms with E-state index < -0.39 is 11.2 Å². The second-order valence-electron chi connectivity index (χ2n) is 4.56. The molecule has 1 heterocycles. The molecular weight excluding hydrogens is 258 g/mol. The highest BCUT2D eigenvalue weighted by Crippen LogP contribution is 2.32. The molecular formula is C11H16ClN3O3. The van der Waals surface area contributed by atoms with E-state index in [4.69, 9.17) is 16.7 Å². The number of hydrogen-bond donors (Lipinski definition) is 3. The molecule has 0 atom stereocenters. The van der Waals surface area contributed by atoms with Crippen LogP contribution in [0.5, 0.6) is 0 Å². The van der Waals surface area contributed by atoms with Gasteiger partial charge in [-0.1, -0.05) is 11.6 Å². The summed E-state index contributed by atoms with van der Waals surface area (Å²) < 4.78 is 1.10. The molecule has 0 aliphatic heterocycles. The van der Waals surface area contributed by atoms with Crippen molar-refractivity contribution in [2.45, 2.75) is 31.4 Å². The number of anilines is 1. The Morgan fingerprint density at radius 3 is 2.83 bits per heavy atom. The Labute approximate surface area is 109 Å². The van der Waals surface area contributed by atoms with E-state index >= 15 is 0 Å². The molecule has 1 aliphatic rings. The van der Waals surface area contributed by atoms with Gasteiger partial charge in [0.05, 0.1) is 30.6 Å². The van der Waals surface area contributed by atoms with Crippen molar-refractivity contribution in [2.75, 3.05) is 18.5 Å². The van der Waals surface area contributed by atoms with Crippen LogP contribution < -0.4 is 10.9 Å². The number of aromatic nitrogens is 2. The Balaban J connectivity index is 2.09. The van der Waals surface area contributed by atoms with Crippen molar-refractivity contribution < 1.29 is 10.2 Å². The predicted octanol–water partition coefficient (Wildman–Crippen LogP) is 0.216. The maximum atomic E-state index is 11.7. The first-order chi connectivity index (χ1) is 8.56. The van der Waals surface area contributed by atoms with E-state index in [2.05, 4.69) is 10.4 Å². The third kappa shape index (κ3) is 2.66. The summed E-state index contributed by atoms with van der Waals surface area (Å²) in [5, 5.41) is 25.6. The molecule has 2 rings (SSSR count). The van der Waals surface area contributed by atoms with E-state index in [0.717, 1.165) is 23.9 Å². The quantitative estimate of drug-likeness (QED) is 0.714. The van der Waals surface area contributed by atoms with Crippen LogP contribution in [0.25, 0.3) is 0 Å². The zero-order valence-electron chi connectivity index (χ0n) is 9.90. The lowest BCUT2D eigenvalue weighted by molar-refractivity contribution is -0.0202. The van der Waals surface area contributed by atoms with Crippen LogP contribution in [0.1, 0.15) is 19.3 Å². The molecule has 18 heavy (non-hydrogen) atoms. The lowest BCUT2D eigenvalue weighted by Gasteiger charge is -2.36. The van der Waals surface area contributed by atoms with Crippen LogP contribution >= 0.6 is 11.6 Å². The standard InChI is InChI=1S/C11H16ClN3O3/c12-9-8(13-7-11(18)2-1-3-11)6-14-15(4-5-16)10(9)17/h6,13,16,18H,1-5,7H2. The molecule has 0 radical (unpaired) electrons. The molecule has 3 N–H and O–H groups in total. The van der Waals surface area contributed by atoms with Gasteiger partial charge in [-0.25, -0.2) is 4.68 Å². The second-order valence-corrected chi connectivity index (χ2v) is 4.93. The Morgan fingerprint density at radius 2 is 2.28 bits per heavy atom. The maximum absolute atomic E-state index is 11.7. The van der Waals surface area contributed by atoms with Gasteiger partial charge in [0.15, 0.2) is 0 Å². The Morgan fingerprint density at radius 1 is 1.56 bits per heavy atom. The molecule has 0 saturated heterocycles. The van der Waals surface area contributed by atoms with Gasteiger partial charge in [-0.05, 0) is 19.3 Å². The van der Waals surface area contributed by atoms with Gasteiger partial charge in [0, 0.05) is 6.54 Å². The lowest BCUT2D eigenvalue weighted by Crippen LogP contribution is -2.43. The van der Waals surface area contributed by atoms with E-state index in [0.29, 0.717) is 12.2 Å². The third-order valence-electron chi connectivity index (χ3n) is 3.19. The number of aliphatic hydroxyl groups excluding tert-OH is 1. The fourth-order valence-corrected chi connectivity index (χ4v) is 2.08. The summed E-state index contributed by atoms with van der Waals surface area (Å²) >= 11 is 5.93. The van der Waals surface area contributed by atoms with Crippen LogP contribution in [0.2, 0.25) is 5.02 Å². The van der Waals surface area contributed by atoms with Crippen LogP contribution in [0.4, 0.5) is 5.69 Å². The fourth-order valence-electron chi connectivity index (χ4n) is 1.86. The molecule has 0 amide bonds. The lowest BCUT2D eigenvalue weighted by atomic mass is 9.80. The molecule has 0 unspecified atom stereocenters. The van der Waals surface area contributed by atoms with Crippen LogP contribution in [-0.2, 0) is 6.54 Å². The first-order valence-corrected chi connectivity index (χ1v) is 6.26. The van der Waals surface area contributed by atoms with E-state index in [1.165, 1.54) is 6.20 Å². The largest absolute Gasteiger partial charge is 0.394 e.